The Morgan fingerprint density at radius 1 is 1.35 bits per heavy atom. The second kappa shape index (κ2) is 8.34. The standard InChI is InChI=1S/C17H30N4O2/c1-3-15-14(12-21(2)20-15)11-18-16(23)19-13-17(9-10-22)7-5-4-6-8-17/h12,22H,3-11,13H2,1-2H3,(H2,18,19,23). The van der Waals surface area contributed by atoms with Crippen molar-refractivity contribution in [3.05, 3.63) is 17.5 Å². The van der Waals surface area contributed by atoms with Crippen LogP contribution < -0.4 is 10.6 Å². The molecule has 1 aliphatic carbocycles. The molecular weight excluding hydrogens is 292 g/mol. The van der Waals surface area contributed by atoms with Gasteiger partial charge in [0, 0.05) is 38.5 Å². The molecule has 1 saturated carbocycles. The van der Waals surface area contributed by atoms with Gasteiger partial charge in [0.2, 0.25) is 0 Å². The molecule has 0 aliphatic heterocycles. The van der Waals surface area contributed by atoms with Gasteiger partial charge in [-0.25, -0.2) is 4.79 Å². The summed E-state index contributed by atoms with van der Waals surface area (Å²) in [5, 5.41) is 19.6. The van der Waals surface area contributed by atoms with Gasteiger partial charge >= 0.3 is 6.03 Å². The molecule has 3 N–H and O–H groups in total. The van der Waals surface area contributed by atoms with Gasteiger partial charge in [-0.3, -0.25) is 4.68 Å². The van der Waals surface area contributed by atoms with Gasteiger partial charge < -0.3 is 15.7 Å². The van der Waals surface area contributed by atoms with Crippen molar-refractivity contribution in [3.8, 4) is 0 Å². The third-order valence-electron chi connectivity index (χ3n) is 4.95. The van der Waals surface area contributed by atoms with Crippen LogP contribution in [0.4, 0.5) is 4.79 Å². The van der Waals surface area contributed by atoms with Crippen LogP contribution in [0.25, 0.3) is 0 Å². The smallest absolute Gasteiger partial charge is 0.315 e. The molecule has 0 saturated heterocycles. The third-order valence-corrected chi connectivity index (χ3v) is 4.95. The van der Waals surface area contributed by atoms with E-state index < -0.39 is 0 Å². The van der Waals surface area contributed by atoms with Crippen LogP contribution in [-0.4, -0.2) is 34.1 Å². The average Bonchev–Trinajstić information content (AvgIpc) is 2.92. The number of aliphatic hydroxyl groups excluding tert-OH is 1. The summed E-state index contributed by atoms with van der Waals surface area (Å²) in [6.07, 6.45) is 9.42. The maximum atomic E-state index is 12.1. The molecule has 6 heteroatoms. The lowest BCUT2D eigenvalue weighted by Crippen LogP contribution is -2.43. The Kier molecular flexibility index (Phi) is 6.45. The zero-order valence-corrected chi connectivity index (χ0v) is 14.4. The number of amides is 2. The first-order valence-corrected chi connectivity index (χ1v) is 8.72. The van der Waals surface area contributed by atoms with Gasteiger partial charge in [-0.2, -0.15) is 5.10 Å². The van der Waals surface area contributed by atoms with E-state index in [-0.39, 0.29) is 18.1 Å². The maximum absolute atomic E-state index is 12.1. The molecule has 23 heavy (non-hydrogen) atoms. The average molecular weight is 322 g/mol. The summed E-state index contributed by atoms with van der Waals surface area (Å²) in [5.74, 6) is 0. The van der Waals surface area contributed by atoms with E-state index in [1.54, 1.807) is 4.68 Å². The lowest BCUT2D eigenvalue weighted by atomic mass is 9.72. The molecular formula is C17H30N4O2. The molecule has 1 fully saturated rings. The number of rotatable bonds is 7. The molecule has 1 aliphatic rings. The van der Waals surface area contributed by atoms with Crippen molar-refractivity contribution >= 4 is 6.03 Å². The number of aryl methyl sites for hydroxylation is 2. The summed E-state index contributed by atoms with van der Waals surface area (Å²) in [5.41, 5.74) is 2.16. The van der Waals surface area contributed by atoms with Crippen molar-refractivity contribution in [2.45, 2.75) is 58.4 Å². The lowest BCUT2D eigenvalue weighted by Gasteiger charge is -2.37. The van der Waals surface area contributed by atoms with E-state index in [0.29, 0.717) is 13.1 Å². The quantitative estimate of drug-likeness (QED) is 0.719. The third kappa shape index (κ3) is 4.96. The highest BCUT2D eigenvalue weighted by atomic mass is 16.3. The summed E-state index contributed by atoms with van der Waals surface area (Å²) < 4.78 is 1.78. The van der Waals surface area contributed by atoms with Crippen LogP contribution in [0.3, 0.4) is 0 Å². The number of hydrogen-bond acceptors (Lipinski definition) is 3. The maximum Gasteiger partial charge on any atom is 0.315 e. The Bertz CT molecular complexity index is 501. The number of hydrogen-bond donors (Lipinski definition) is 3. The summed E-state index contributed by atoms with van der Waals surface area (Å²) in [6.45, 7) is 3.40. The van der Waals surface area contributed by atoms with Crippen molar-refractivity contribution in [1.82, 2.24) is 20.4 Å². The number of urea groups is 1. The van der Waals surface area contributed by atoms with Crippen molar-refractivity contribution in [2.75, 3.05) is 13.2 Å². The first kappa shape index (κ1) is 17.8. The molecule has 0 radical (unpaired) electrons. The van der Waals surface area contributed by atoms with Gasteiger partial charge in [-0.1, -0.05) is 26.2 Å². The van der Waals surface area contributed by atoms with Gasteiger partial charge in [0.15, 0.2) is 0 Å². The van der Waals surface area contributed by atoms with Crippen molar-refractivity contribution in [1.29, 1.82) is 0 Å². The number of nitrogens with zero attached hydrogens (tertiary/aromatic N) is 2. The molecule has 2 rings (SSSR count). The predicted octanol–water partition coefficient (Wildman–Crippen LogP) is 2.11. The minimum atomic E-state index is -0.140. The van der Waals surface area contributed by atoms with Crippen LogP contribution in [-0.2, 0) is 20.0 Å². The molecule has 2 amide bonds. The van der Waals surface area contributed by atoms with Crippen LogP contribution in [0.5, 0.6) is 0 Å². The van der Waals surface area contributed by atoms with Crippen LogP contribution in [0, 0.1) is 5.41 Å². The van der Waals surface area contributed by atoms with E-state index in [9.17, 15) is 9.90 Å². The number of aliphatic hydroxyl groups is 1. The fraction of sp³-hybridized carbons (Fsp3) is 0.765. The molecule has 0 aromatic carbocycles. The minimum Gasteiger partial charge on any atom is -0.396 e. The molecule has 1 heterocycles. The van der Waals surface area contributed by atoms with Gasteiger partial charge in [-0.15, -0.1) is 0 Å². The van der Waals surface area contributed by atoms with Crippen LogP contribution in [0.15, 0.2) is 6.20 Å². The van der Waals surface area contributed by atoms with E-state index in [2.05, 4.69) is 22.7 Å². The van der Waals surface area contributed by atoms with E-state index in [4.69, 9.17) is 0 Å². The SMILES string of the molecule is CCc1nn(C)cc1CNC(=O)NCC1(CCO)CCCCC1. The van der Waals surface area contributed by atoms with Gasteiger partial charge in [0.25, 0.3) is 0 Å². The zero-order valence-electron chi connectivity index (χ0n) is 14.4. The highest BCUT2D eigenvalue weighted by Gasteiger charge is 2.31. The van der Waals surface area contributed by atoms with Gasteiger partial charge in [-0.05, 0) is 31.1 Å². The fourth-order valence-corrected chi connectivity index (χ4v) is 3.59. The van der Waals surface area contributed by atoms with E-state index in [1.807, 2.05) is 13.2 Å². The van der Waals surface area contributed by atoms with Crippen LogP contribution in [0.2, 0.25) is 0 Å². The molecule has 130 valence electrons. The number of aromatic nitrogens is 2. The van der Waals surface area contributed by atoms with E-state index in [0.717, 1.165) is 36.9 Å². The number of nitrogens with one attached hydrogen (secondary N) is 2. The van der Waals surface area contributed by atoms with E-state index in [1.165, 1.54) is 19.3 Å². The van der Waals surface area contributed by atoms with Crippen molar-refractivity contribution in [3.63, 3.8) is 0 Å². The number of carbonyl (C=O) groups excluding carboxylic acids is 1. The predicted molar refractivity (Wildman–Crippen MR) is 90.0 cm³/mol. The largest absolute Gasteiger partial charge is 0.396 e. The molecule has 1 aromatic rings. The Hall–Kier alpha value is -1.56. The second-order valence-electron chi connectivity index (χ2n) is 6.70. The zero-order chi connectivity index (χ0) is 16.7. The normalized spacial score (nSPS) is 17.0. The summed E-state index contributed by atoms with van der Waals surface area (Å²) >= 11 is 0. The van der Waals surface area contributed by atoms with Crippen molar-refractivity contribution in [2.24, 2.45) is 12.5 Å². The molecule has 6 nitrogen and oxygen atoms in total. The summed E-state index contributed by atoms with van der Waals surface area (Å²) in [7, 11) is 1.89. The molecule has 1 aromatic heterocycles. The van der Waals surface area contributed by atoms with Gasteiger partial charge in [0.1, 0.15) is 0 Å². The first-order chi connectivity index (χ1) is 11.1. The molecule has 0 atom stereocenters. The van der Waals surface area contributed by atoms with Crippen LogP contribution in [0.1, 0.15) is 56.7 Å². The molecule has 0 bridgehead atoms. The summed E-state index contributed by atoms with van der Waals surface area (Å²) in [4.78, 5) is 12.1. The van der Waals surface area contributed by atoms with Crippen molar-refractivity contribution < 1.29 is 9.90 Å². The number of carbonyl (C=O) groups is 1. The highest BCUT2D eigenvalue weighted by Crippen LogP contribution is 2.38. The van der Waals surface area contributed by atoms with Gasteiger partial charge in [0.05, 0.1) is 5.69 Å². The molecule has 0 spiro atoms. The highest BCUT2D eigenvalue weighted by molar-refractivity contribution is 5.73. The first-order valence-electron chi connectivity index (χ1n) is 8.72. The minimum absolute atomic E-state index is 0.0766. The van der Waals surface area contributed by atoms with E-state index >= 15 is 0 Å². The van der Waals surface area contributed by atoms with Crippen LogP contribution >= 0.6 is 0 Å². The monoisotopic (exact) mass is 322 g/mol. The Balaban J connectivity index is 1.81. The Morgan fingerprint density at radius 3 is 2.74 bits per heavy atom. The summed E-state index contributed by atoms with van der Waals surface area (Å²) in [6, 6.07) is -0.140. The second-order valence-corrected chi connectivity index (χ2v) is 6.70. The lowest BCUT2D eigenvalue weighted by molar-refractivity contribution is 0.127. The fourth-order valence-electron chi connectivity index (χ4n) is 3.59. The Morgan fingerprint density at radius 2 is 2.09 bits per heavy atom. The molecule has 0 unspecified atom stereocenters. The Labute approximate surface area is 138 Å². The topological polar surface area (TPSA) is 79.2 Å².